The van der Waals surface area contributed by atoms with Crippen molar-refractivity contribution >= 4 is 5.97 Å². The molecule has 0 radical (unpaired) electrons. The van der Waals surface area contributed by atoms with Crippen molar-refractivity contribution in [3.63, 3.8) is 0 Å². The molecule has 1 rings (SSSR count). The minimum atomic E-state index is -1.68. The van der Waals surface area contributed by atoms with Crippen LogP contribution in [-0.4, -0.2) is 64.0 Å². The van der Waals surface area contributed by atoms with Crippen molar-refractivity contribution in [2.75, 3.05) is 13.2 Å². The van der Waals surface area contributed by atoms with Gasteiger partial charge in [-0.2, -0.15) is 0 Å². The van der Waals surface area contributed by atoms with Crippen LogP contribution in [-0.2, 0) is 19.0 Å². The van der Waals surface area contributed by atoms with E-state index in [2.05, 4.69) is 19.1 Å². The van der Waals surface area contributed by atoms with E-state index in [0.717, 1.165) is 32.1 Å². The number of rotatable bonds is 23. The zero-order valence-electron chi connectivity index (χ0n) is 20.8. The minimum absolute atomic E-state index is 0.194. The van der Waals surface area contributed by atoms with Crippen molar-refractivity contribution < 1.29 is 39.4 Å². The van der Waals surface area contributed by atoms with Gasteiger partial charge >= 0.3 is 11.9 Å². The van der Waals surface area contributed by atoms with Crippen LogP contribution < -0.4 is 0 Å². The smallest absolute Gasteiger partial charge is 0.321 e. The Morgan fingerprint density at radius 2 is 1.47 bits per heavy atom. The van der Waals surface area contributed by atoms with Gasteiger partial charge in [0.15, 0.2) is 12.4 Å². The summed E-state index contributed by atoms with van der Waals surface area (Å²) in [7, 11) is 0. The molecular formula is C26H46O8. The highest BCUT2D eigenvalue weighted by Gasteiger charge is 2.35. The average molecular weight is 487 g/mol. The number of unbranched alkanes of at least 4 members (excludes halogenated alkanes) is 11. The van der Waals surface area contributed by atoms with Crippen LogP contribution >= 0.6 is 0 Å². The fraction of sp³-hybridized carbons (Fsp3) is 0.808. The molecule has 0 fully saturated rings. The van der Waals surface area contributed by atoms with Crippen molar-refractivity contribution in [1.29, 1.82) is 0 Å². The quantitative estimate of drug-likeness (QED) is 0.0973. The van der Waals surface area contributed by atoms with Gasteiger partial charge in [0.25, 0.3) is 0 Å². The number of esters is 1. The zero-order chi connectivity index (χ0) is 25.0. The van der Waals surface area contributed by atoms with E-state index in [1.165, 1.54) is 51.2 Å². The van der Waals surface area contributed by atoms with Gasteiger partial charge in [0.1, 0.15) is 24.9 Å². The average Bonchev–Trinajstić information content (AvgIpc) is 3.67. The lowest BCUT2D eigenvalue weighted by Gasteiger charge is -2.28. The summed E-state index contributed by atoms with van der Waals surface area (Å²) in [5.41, 5.74) is 0. The summed E-state index contributed by atoms with van der Waals surface area (Å²) in [6.07, 6.45) is 15.2. The van der Waals surface area contributed by atoms with Gasteiger partial charge in [-0.1, -0.05) is 70.4 Å². The molecule has 0 aromatic carbocycles. The fourth-order valence-corrected chi connectivity index (χ4v) is 3.58. The molecular weight excluding hydrogens is 440 g/mol. The van der Waals surface area contributed by atoms with Crippen LogP contribution in [0.25, 0.3) is 0 Å². The maximum atomic E-state index is 12.2. The fourth-order valence-electron chi connectivity index (χ4n) is 3.58. The third kappa shape index (κ3) is 15.3. The number of aliphatic hydroxyl groups excluding tert-OH is 4. The lowest BCUT2D eigenvalue weighted by atomic mass is 10.0. The van der Waals surface area contributed by atoms with Gasteiger partial charge in [0.2, 0.25) is 0 Å². The van der Waals surface area contributed by atoms with Gasteiger partial charge in [-0.3, -0.25) is 4.79 Å². The van der Waals surface area contributed by atoms with Crippen molar-refractivity contribution in [3.05, 3.63) is 24.4 Å². The Bertz CT molecular complexity index is 577. The molecule has 4 N–H and O–H groups in total. The normalized spacial score (nSPS) is 16.4. The third-order valence-electron chi connectivity index (χ3n) is 5.84. The number of carbonyl (C=O) groups excluding carboxylic acids is 1. The first-order chi connectivity index (χ1) is 16.5. The van der Waals surface area contributed by atoms with Crippen molar-refractivity contribution in [3.8, 4) is 0 Å². The molecule has 0 aliphatic carbocycles. The molecule has 0 saturated carbocycles. The summed E-state index contributed by atoms with van der Waals surface area (Å²) in [6, 6.07) is 0. The summed E-state index contributed by atoms with van der Waals surface area (Å²) in [6.45, 7) is 1.27. The molecule has 0 unspecified atom stereocenters. The molecule has 0 amide bonds. The van der Waals surface area contributed by atoms with Crippen LogP contribution in [0.1, 0.15) is 96.8 Å². The third-order valence-corrected chi connectivity index (χ3v) is 5.84. The van der Waals surface area contributed by atoms with Crippen molar-refractivity contribution in [2.24, 2.45) is 0 Å². The van der Waals surface area contributed by atoms with E-state index in [4.69, 9.17) is 19.3 Å². The SMILES string of the molecule is CCCCCCCC/C=C\CCCCCCCC(=O)O[C@@H](COC1=CO1)[C@@H](O)[C@H](O)[C@H](O)CO. The van der Waals surface area contributed by atoms with Crippen LogP contribution in [0.2, 0.25) is 0 Å². The molecule has 8 nitrogen and oxygen atoms in total. The Kier molecular flexibility index (Phi) is 17.6. The standard InChI is InChI=1S/C26H46O8/c1-2-3-4-5-6-7-8-9-10-11-12-13-14-15-16-17-23(29)34-22(19-32-24-20-33-24)26(31)25(30)21(28)18-27/h9-10,20-22,25-28,30-31H,2-8,11-19H2,1H3/b10-9-/t21-,22+,25-,26-/m1/s1. The highest BCUT2D eigenvalue weighted by atomic mass is 16.7. The van der Waals surface area contributed by atoms with E-state index in [1.54, 1.807) is 0 Å². The van der Waals surface area contributed by atoms with Gasteiger partial charge in [-0.15, -0.1) is 0 Å². The van der Waals surface area contributed by atoms with Gasteiger partial charge < -0.3 is 34.6 Å². The highest BCUT2D eigenvalue weighted by molar-refractivity contribution is 5.69. The second-order valence-electron chi connectivity index (χ2n) is 8.96. The number of carbonyl (C=O) groups is 1. The number of hydrogen-bond donors (Lipinski definition) is 4. The maximum Gasteiger partial charge on any atom is 0.321 e. The summed E-state index contributed by atoms with van der Waals surface area (Å²) in [4.78, 5) is 12.2. The van der Waals surface area contributed by atoms with E-state index in [-0.39, 0.29) is 19.0 Å². The Labute approximate surface area is 204 Å². The molecule has 0 aromatic heterocycles. The van der Waals surface area contributed by atoms with Gasteiger partial charge in [-0.25, -0.2) is 0 Å². The lowest BCUT2D eigenvalue weighted by molar-refractivity contribution is -0.172. The Morgan fingerprint density at radius 3 is 2.03 bits per heavy atom. The zero-order valence-corrected chi connectivity index (χ0v) is 20.8. The summed E-state index contributed by atoms with van der Waals surface area (Å²) in [5, 5.41) is 38.6. The second kappa shape index (κ2) is 19.7. The molecule has 0 bridgehead atoms. The van der Waals surface area contributed by atoms with Gasteiger partial charge in [0, 0.05) is 6.42 Å². The molecule has 1 heterocycles. The summed E-state index contributed by atoms with van der Waals surface area (Å²) >= 11 is 0. The van der Waals surface area contributed by atoms with E-state index < -0.39 is 37.0 Å². The molecule has 4 atom stereocenters. The van der Waals surface area contributed by atoms with Crippen LogP contribution in [0.5, 0.6) is 0 Å². The van der Waals surface area contributed by atoms with Crippen LogP contribution in [0.4, 0.5) is 0 Å². The first-order valence-electron chi connectivity index (χ1n) is 13.0. The van der Waals surface area contributed by atoms with E-state index >= 15 is 0 Å². The topological polar surface area (TPSA) is 129 Å². The second-order valence-corrected chi connectivity index (χ2v) is 8.96. The Balaban J connectivity index is 2.10. The van der Waals surface area contributed by atoms with Crippen LogP contribution in [0.3, 0.4) is 0 Å². The number of ether oxygens (including phenoxy) is 3. The van der Waals surface area contributed by atoms with Crippen molar-refractivity contribution in [2.45, 2.75) is 121 Å². The summed E-state index contributed by atoms with van der Waals surface area (Å²) < 4.78 is 15.2. The molecule has 0 spiro atoms. The van der Waals surface area contributed by atoms with E-state index in [0.29, 0.717) is 6.42 Å². The van der Waals surface area contributed by atoms with Gasteiger partial charge in [-0.05, 0) is 32.1 Å². The highest BCUT2D eigenvalue weighted by Crippen LogP contribution is 2.18. The van der Waals surface area contributed by atoms with Crippen LogP contribution in [0, 0.1) is 0 Å². The lowest BCUT2D eigenvalue weighted by Crippen LogP contribution is -2.49. The molecule has 34 heavy (non-hydrogen) atoms. The monoisotopic (exact) mass is 486 g/mol. The minimum Gasteiger partial charge on any atom is -0.459 e. The predicted molar refractivity (Wildman–Crippen MR) is 130 cm³/mol. The maximum absolute atomic E-state index is 12.2. The van der Waals surface area contributed by atoms with E-state index in [9.17, 15) is 20.1 Å². The Hall–Kier alpha value is -1.61. The molecule has 1 aliphatic heterocycles. The largest absolute Gasteiger partial charge is 0.459 e. The first kappa shape index (κ1) is 30.4. The first-order valence-corrected chi connectivity index (χ1v) is 13.0. The molecule has 0 saturated heterocycles. The Morgan fingerprint density at radius 1 is 0.912 bits per heavy atom. The molecule has 1 aliphatic rings. The number of hydrogen-bond acceptors (Lipinski definition) is 8. The van der Waals surface area contributed by atoms with Gasteiger partial charge in [0.05, 0.1) is 6.61 Å². The number of allylic oxidation sites excluding steroid dienone is 2. The molecule has 0 aromatic rings. The molecule has 198 valence electrons. The number of aliphatic hydroxyl groups is 4. The molecule has 8 heteroatoms. The van der Waals surface area contributed by atoms with Crippen LogP contribution in [0.15, 0.2) is 24.4 Å². The predicted octanol–water partition coefficient (Wildman–Crippen LogP) is 3.86. The van der Waals surface area contributed by atoms with E-state index in [1.807, 2.05) is 0 Å². The van der Waals surface area contributed by atoms with Crippen molar-refractivity contribution in [1.82, 2.24) is 0 Å². The summed E-state index contributed by atoms with van der Waals surface area (Å²) in [5.74, 6) is -0.274.